The molecule has 170 valence electrons. The van der Waals surface area contributed by atoms with Gasteiger partial charge in [0.15, 0.2) is 0 Å². The van der Waals surface area contributed by atoms with Gasteiger partial charge in [0, 0.05) is 29.4 Å². The summed E-state index contributed by atoms with van der Waals surface area (Å²) in [7, 11) is 0. The number of nitrogens with one attached hydrogen (secondary N) is 1. The highest BCUT2D eigenvalue weighted by atomic mass is 35.5. The van der Waals surface area contributed by atoms with E-state index in [4.69, 9.17) is 16.3 Å². The van der Waals surface area contributed by atoms with Gasteiger partial charge in [0.2, 0.25) is 11.8 Å². The minimum Gasteiger partial charge on any atom is -0.489 e. The van der Waals surface area contributed by atoms with Crippen LogP contribution in [0, 0.1) is 26.7 Å². The van der Waals surface area contributed by atoms with E-state index < -0.39 is 5.92 Å². The van der Waals surface area contributed by atoms with E-state index >= 15 is 0 Å². The maximum absolute atomic E-state index is 12.9. The van der Waals surface area contributed by atoms with Crippen molar-refractivity contribution >= 4 is 34.8 Å². The number of rotatable bonds is 6. The number of halogens is 1. The molecule has 0 spiro atoms. The van der Waals surface area contributed by atoms with Gasteiger partial charge in [-0.2, -0.15) is 0 Å². The summed E-state index contributed by atoms with van der Waals surface area (Å²) in [5.74, 6) is 0.143. The van der Waals surface area contributed by atoms with Crippen molar-refractivity contribution in [3.05, 3.63) is 87.9 Å². The Morgan fingerprint density at radius 1 is 1.03 bits per heavy atom. The summed E-state index contributed by atoms with van der Waals surface area (Å²) in [6.45, 7) is 6.79. The normalized spacial score (nSPS) is 15.6. The smallest absolute Gasteiger partial charge is 0.229 e. The molecule has 1 unspecified atom stereocenters. The van der Waals surface area contributed by atoms with Crippen LogP contribution in [-0.4, -0.2) is 18.4 Å². The van der Waals surface area contributed by atoms with Gasteiger partial charge >= 0.3 is 0 Å². The van der Waals surface area contributed by atoms with Crippen LogP contribution < -0.4 is 15.0 Å². The molecule has 3 aromatic rings. The quantitative estimate of drug-likeness (QED) is 0.501. The number of anilines is 2. The number of hydrogen-bond donors (Lipinski definition) is 1. The van der Waals surface area contributed by atoms with E-state index in [0.717, 1.165) is 33.6 Å². The van der Waals surface area contributed by atoms with Gasteiger partial charge in [-0.1, -0.05) is 41.4 Å². The molecule has 0 aliphatic carbocycles. The fourth-order valence-electron chi connectivity index (χ4n) is 4.20. The third-order valence-corrected chi connectivity index (χ3v) is 6.14. The lowest BCUT2D eigenvalue weighted by Crippen LogP contribution is -2.28. The molecule has 3 aromatic carbocycles. The first kappa shape index (κ1) is 22.9. The van der Waals surface area contributed by atoms with E-state index in [-0.39, 0.29) is 18.2 Å². The van der Waals surface area contributed by atoms with Crippen LogP contribution in [0.1, 0.15) is 28.7 Å². The second kappa shape index (κ2) is 9.67. The van der Waals surface area contributed by atoms with Crippen LogP contribution >= 0.6 is 11.6 Å². The number of benzene rings is 3. The minimum atomic E-state index is -0.390. The Bertz CT molecular complexity index is 1150. The molecule has 0 radical (unpaired) electrons. The van der Waals surface area contributed by atoms with E-state index in [9.17, 15) is 9.59 Å². The molecule has 33 heavy (non-hydrogen) atoms. The summed E-state index contributed by atoms with van der Waals surface area (Å²) in [5.41, 5.74) is 5.82. The summed E-state index contributed by atoms with van der Waals surface area (Å²) in [5, 5.41) is 3.73. The first-order valence-corrected chi connectivity index (χ1v) is 11.3. The van der Waals surface area contributed by atoms with Gasteiger partial charge in [-0.05, 0) is 73.9 Å². The SMILES string of the molecule is Cc1cc(C)c(NC(=O)C2CC(=O)N(c3ccc(OCc4ccc(Cl)cc4)cc3)C2)c(C)c1. The largest absolute Gasteiger partial charge is 0.489 e. The van der Waals surface area contributed by atoms with Gasteiger partial charge in [0.25, 0.3) is 0 Å². The van der Waals surface area contributed by atoms with E-state index in [0.29, 0.717) is 23.9 Å². The second-order valence-corrected chi connectivity index (χ2v) is 9.01. The first-order valence-electron chi connectivity index (χ1n) is 11.0. The lowest BCUT2D eigenvalue weighted by Gasteiger charge is -2.18. The standard InChI is InChI=1S/C27H27ClN2O3/c1-17-12-18(2)26(19(3)13-17)29-27(32)21-14-25(31)30(15-21)23-8-10-24(11-9-23)33-16-20-4-6-22(28)7-5-20/h4-13,21H,14-16H2,1-3H3,(H,29,32). The van der Waals surface area contributed by atoms with Crippen molar-refractivity contribution in [3.8, 4) is 5.75 Å². The van der Waals surface area contributed by atoms with Gasteiger partial charge < -0.3 is 15.0 Å². The summed E-state index contributed by atoms with van der Waals surface area (Å²) in [4.78, 5) is 27.2. The molecule has 1 atom stereocenters. The molecule has 0 saturated carbocycles. The van der Waals surface area contributed by atoms with Gasteiger partial charge in [0.1, 0.15) is 12.4 Å². The zero-order valence-corrected chi connectivity index (χ0v) is 19.8. The van der Waals surface area contributed by atoms with Crippen molar-refractivity contribution < 1.29 is 14.3 Å². The molecule has 2 amide bonds. The van der Waals surface area contributed by atoms with Crippen molar-refractivity contribution in [2.45, 2.75) is 33.8 Å². The van der Waals surface area contributed by atoms with Crippen molar-refractivity contribution in [1.29, 1.82) is 0 Å². The monoisotopic (exact) mass is 462 g/mol. The number of aryl methyl sites for hydroxylation is 3. The predicted molar refractivity (Wildman–Crippen MR) is 132 cm³/mol. The Morgan fingerprint density at radius 3 is 2.30 bits per heavy atom. The molecule has 4 rings (SSSR count). The molecular formula is C27H27ClN2O3. The van der Waals surface area contributed by atoms with Crippen LogP contribution in [0.15, 0.2) is 60.7 Å². The molecule has 1 aliphatic heterocycles. The Labute approximate surface area is 199 Å². The first-order chi connectivity index (χ1) is 15.8. The fraction of sp³-hybridized carbons (Fsp3) is 0.259. The molecule has 0 bridgehead atoms. The van der Waals surface area contributed by atoms with Crippen molar-refractivity contribution in [3.63, 3.8) is 0 Å². The molecule has 0 aromatic heterocycles. The molecule has 6 heteroatoms. The van der Waals surface area contributed by atoms with Crippen molar-refractivity contribution in [2.75, 3.05) is 16.8 Å². The van der Waals surface area contributed by atoms with Crippen molar-refractivity contribution in [1.82, 2.24) is 0 Å². The van der Waals surface area contributed by atoms with E-state index in [1.165, 1.54) is 0 Å². The van der Waals surface area contributed by atoms with Crippen LogP contribution in [0.2, 0.25) is 5.02 Å². The van der Waals surface area contributed by atoms with Crippen LogP contribution in [-0.2, 0) is 16.2 Å². The number of ether oxygens (including phenoxy) is 1. The molecule has 5 nitrogen and oxygen atoms in total. The lowest BCUT2D eigenvalue weighted by atomic mass is 10.0. The summed E-state index contributed by atoms with van der Waals surface area (Å²) in [6, 6.07) is 19.0. The average molecular weight is 463 g/mol. The van der Waals surface area contributed by atoms with Crippen LogP contribution in [0.25, 0.3) is 0 Å². The van der Waals surface area contributed by atoms with Crippen LogP contribution in [0.3, 0.4) is 0 Å². The summed E-state index contributed by atoms with van der Waals surface area (Å²) >= 11 is 5.91. The zero-order chi connectivity index (χ0) is 23.5. The molecular weight excluding hydrogens is 436 g/mol. The van der Waals surface area contributed by atoms with Crippen LogP contribution in [0.5, 0.6) is 5.75 Å². The van der Waals surface area contributed by atoms with Gasteiger partial charge in [-0.25, -0.2) is 0 Å². The maximum Gasteiger partial charge on any atom is 0.229 e. The van der Waals surface area contributed by atoms with E-state index in [2.05, 4.69) is 5.32 Å². The van der Waals surface area contributed by atoms with Gasteiger partial charge in [-0.15, -0.1) is 0 Å². The molecule has 1 aliphatic rings. The maximum atomic E-state index is 12.9. The predicted octanol–water partition coefficient (Wildman–Crippen LogP) is 5.84. The minimum absolute atomic E-state index is 0.0534. The van der Waals surface area contributed by atoms with E-state index in [1.54, 1.807) is 4.90 Å². The highest BCUT2D eigenvalue weighted by Crippen LogP contribution is 2.29. The topological polar surface area (TPSA) is 58.6 Å². The van der Waals surface area contributed by atoms with Crippen LogP contribution in [0.4, 0.5) is 11.4 Å². The molecule has 1 heterocycles. The third-order valence-electron chi connectivity index (χ3n) is 5.89. The zero-order valence-electron chi connectivity index (χ0n) is 19.0. The highest BCUT2D eigenvalue weighted by Gasteiger charge is 2.35. The number of amides is 2. The molecule has 1 N–H and O–H groups in total. The Morgan fingerprint density at radius 2 is 1.67 bits per heavy atom. The second-order valence-electron chi connectivity index (χ2n) is 8.58. The summed E-state index contributed by atoms with van der Waals surface area (Å²) in [6.07, 6.45) is 0.199. The number of nitrogens with zero attached hydrogens (tertiary/aromatic N) is 1. The Balaban J connectivity index is 1.37. The number of hydrogen-bond acceptors (Lipinski definition) is 3. The lowest BCUT2D eigenvalue weighted by molar-refractivity contribution is -0.122. The highest BCUT2D eigenvalue weighted by molar-refractivity contribution is 6.30. The van der Waals surface area contributed by atoms with E-state index in [1.807, 2.05) is 81.4 Å². The van der Waals surface area contributed by atoms with Gasteiger partial charge in [0.05, 0.1) is 5.92 Å². The number of carbonyl (C=O) groups excluding carboxylic acids is 2. The number of carbonyl (C=O) groups is 2. The fourth-order valence-corrected chi connectivity index (χ4v) is 4.33. The Hall–Kier alpha value is -3.31. The molecule has 1 fully saturated rings. The van der Waals surface area contributed by atoms with Gasteiger partial charge in [-0.3, -0.25) is 9.59 Å². The third kappa shape index (κ3) is 5.37. The van der Waals surface area contributed by atoms with Crippen molar-refractivity contribution in [2.24, 2.45) is 5.92 Å². The Kier molecular flexibility index (Phi) is 6.70. The average Bonchev–Trinajstić information content (AvgIpc) is 3.18. The molecule has 1 saturated heterocycles. The summed E-state index contributed by atoms with van der Waals surface area (Å²) < 4.78 is 5.82.